The Labute approximate surface area is 127 Å². The topological polar surface area (TPSA) is 108 Å². The summed E-state index contributed by atoms with van der Waals surface area (Å²) in [5, 5.41) is 14.8. The molecule has 0 amide bonds. The van der Waals surface area contributed by atoms with E-state index in [-0.39, 0.29) is 24.0 Å². The largest absolute Gasteiger partial charge is 0.334 e. The predicted octanol–water partition coefficient (Wildman–Crippen LogP) is 2.71. The number of hydrogen-bond acceptors (Lipinski definition) is 6. The molecular weight excluding hydrogens is 296 g/mol. The van der Waals surface area contributed by atoms with Crippen LogP contribution in [-0.4, -0.2) is 15.1 Å². The molecule has 3 rings (SSSR count). The van der Waals surface area contributed by atoms with Gasteiger partial charge in [-0.05, 0) is 37.8 Å². The number of non-ortho nitro benzene ring substituents is 1. The number of aryl methyl sites for hydroxylation is 1. The summed E-state index contributed by atoms with van der Waals surface area (Å²) in [6, 6.07) is 4.69. The van der Waals surface area contributed by atoms with Crippen molar-refractivity contribution in [3.05, 3.63) is 39.7 Å². The zero-order valence-electron chi connectivity index (χ0n) is 11.4. The molecule has 1 aliphatic rings. The summed E-state index contributed by atoms with van der Waals surface area (Å²) in [6.45, 7) is 1.78. The Bertz CT molecular complexity index is 682. The summed E-state index contributed by atoms with van der Waals surface area (Å²) in [5.41, 5.74) is 6.94. The molecular formula is C13H15ClN4O3. The molecule has 0 radical (unpaired) electrons. The van der Waals surface area contributed by atoms with Crippen LogP contribution in [-0.2, 0) is 5.54 Å². The fraction of sp³-hybridized carbons (Fsp3) is 0.385. The summed E-state index contributed by atoms with van der Waals surface area (Å²) in [4.78, 5) is 14.7. The zero-order valence-corrected chi connectivity index (χ0v) is 12.2. The van der Waals surface area contributed by atoms with Gasteiger partial charge >= 0.3 is 0 Å². The SMILES string of the molecule is Cc1cc(-c2nc(C3(N)CCC3)no2)cc([N+](=O)[O-])c1.Cl. The van der Waals surface area contributed by atoms with Crippen molar-refractivity contribution in [2.75, 3.05) is 0 Å². The fourth-order valence-electron chi connectivity index (χ4n) is 2.32. The highest BCUT2D eigenvalue weighted by Gasteiger charge is 2.39. The van der Waals surface area contributed by atoms with E-state index in [0.29, 0.717) is 11.4 Å². The Morgan fingerprint density at radius 1 is 1.38 bits per heavy atom. The highest BCUT2D eigenvalue weighted by Crippen LogP contribution is 2.37. The number of nitro groups is 1. The number of benzene rings is 1. The highest BCUT2D eigenvalue weighted by molar-refractivity contribution is 5.85. The first-order chi connectivity index (χ1) is 9.48. The first kappa shape index (κ1) is 15.4. The van der Waals surface area contributed by atoms with Crippen LogP contribution < -0.4 is 5.73 Å². The van der Waals surface area contributed by atoms with E-state index < -0.39 is 10.5 Å². The van der Waals surface area contributed by atoms with Gasteiger partial charge in [-0.15, -0.1) is 12.4 Å². The molecule has 1 aromatic carbocycles. The van der Waals surface area contributed by atoms with Gasteiger partial charge in [-0.1, -0.05) is 5.16 Å². The number of halogens is 1. The minimum Gasteiger partial charge on any atom is -0.334 e. The van der Waals surface area contributed by atoms with Crippen LogP contribution >= 0.6 is 12.4 Å². The molecule has 21 heavy (non-hydrogen) atoms. The van der Waals surface area contributed by atoms with Crippen LogP contribution in [0.1, 0.15) is 30.7 Å². The van der Waals surface area contributed by atoms with E-state index in [4.69, 9.17) is 10.3 Å². The number of rotatable bonds is 3. The van der Waals surface area contributed by atoms with E-state index in [9.17, 15) is 10.1 Å². The van der Waals surface area contributed by atoms with Gasteiger partial charge in [0.25, 0.3) is 11.6 Å². The van der Waals surface area contributed by atoms with Gasteiger partial charge in [-0.3, -0.25) is 10.1 Å². The molecule has 0 unspecified atom stereocenters. The first-order valence-corrected chi connectivity index (χ1v) is 6.37. The number of hydrogen-bond donors (Lipinski definition) is 1. The average Bonchev–Trinajstić information content (AvgIpc) is 2.85. The van der Waals surface area contributed by atoms with Crippen molar-refractivity contribution in [2.45, 2.75) is 31.7 Å². The van der Waals surface area contributed by atoms with Crippen molar-refractivity contribution in [3.8, 4) is 11.5 Å². The second-order valence-corrected chi connectivity index (χ2v) is 5.25. The molecule has 1 aromatic heterocycles. The lowest BCUT2D eigenvalue weighted by molar-refractivity contribution is -0.384. The van der Waals surface area contributed by atoms with Crippen molar-refractivity contribution >= 4 is 18.1 Å². The number of nitrogens with zero attached hydrogens (tertiary/aromatic N) is 3. The number of nitrogens with two attached hydrogens (primary N) is 1. The third kappa shape index (κ3) is 2.74. The molecule has 1 heterocycles. The molecule has 7 nitrogen and oxygen atoms in total. The summed E-state index contributed by atoms with van der Waals surface area (Å²) < 4.78 is 5.20. The minimum absolute atomic E-state index is 0. The van der Waals surface area contributed by atoms with Crippen molar-refractivity contribution in [1.82, 2.24) is 10.1 Å². The fourth-order valence-corrected chi connectivity index (χ4v) is 2.32. The summed E-state index contributed by atoms with van der Waals surface area (Å²) in [7, 11) is 0. The van der Waals surface area contributed by atoms with Gasteiger partial charge in [0.15, 0.2) is 5.82 Å². The average molecular weight is 311 g/mol. The van der Waals surface area contributed by atoms with Crippen LogP contribution in [0.4, 0.5) is 5.69 Å². The molecule has 0 saturated heterocycles. The molecule has 2 aromatic rings. The molecule has 1 aliphatic carbocycles. The van der Waals surface area contributed by atoms with E-state index >= 15 is 0 Å². The molecule has 112 valence electrons. The van der Waals surface area contributed by atoms with E-state index in [2.05, 4.69) is 10.1 Å². The van der Waals surface area contributed by atoms with Crippen molar-refractivity contribution in [1.29, 1.82) is 0 Å². The molecule has 0 aliphatic heterocycles. The van der Waals surface area contributed by atoms with E-state index in [1.807, 2.05) is 0 Å². The van der Waals surface area contributed by atoms with Gasteiger partial charge in [0.05, 0.1) is 10.5 Å². The normalized spacial score (nSPS) is 15.9. The van der Waals surface area contributed by atoms with Gasteiger partial charge < -0.3 is 10.3 Å². The van der Waals surface area contributed by atoms with Crippen molar-refractivity contribution < 1.29 is 9.45 Å². The standard InChI is InChI=1S/C13H14N4O3.ClH/c1-8-5-9(7-10(6-8)17(18)19)11-15-12(16-20-11)13(14)3-2-4-13;/h5-7H,2-4,14H2,1H3;1H. The summed E-state index contributed by atoms with van der Waals surface area (Å²) in [6.07, 6.45) is 2.72. The third-order valence-electron chi connectivity index (χ3n) is 3.64. The van der Waals surface area contributed by atoms with Crippen LogP contribution in [0.25, 0.3) is 11.5 Å². The van der Waals surface area contributed by atoms with Crippen LogP contribution in [0.2, 0.25) is 0 Å². The third-order valence-corrected chi connectivity index (χ3v) is 3.64. The maximum absolute atomic E-state index is 10.9. The van der Waals surface area contributed by atoms with Crippen LogP contribution in [0.5, 0.6) is 0 Å². The Morgan fingerprint density at radius 3 is 2.67 bits per heavy atom. The van der Waals surface area contributed by atoms with Gasteiger partial charge in [0.2, 0.25) is 0 Å². The minimum atomic E-state index is -0.502. The monoisotopic (exact) mass is 310 g/mol. The molecule has 1 fully saturated rings. The maximum Gasteiger partial charge on any atom is 0.270 e. The zero-order chi connectivity index (χ0) is 14.3. The van der Waals surface area contributed by atoms with Crippen LogP contribution in [0.15, 0.2) is 22.7 Å². The predicted molar refractivity (Wildman–Crippen MR) is 78.1 cm³/mol. The quantitative estimate of drug-likeness (QED) is 0.689. The van der Waals surface area contributed by atoms with Crippen molar-refractivity contribution in [2.24, 2.45) is 5.73 Å². The van der Waals surface area contributed by atoms with E-state index in [1.54, 1.807) is 13.0 Å². The molecule has 0 spiro atoms. The van der Waals surface area contributed by atoms with Gasteiger partial charge in [-0.25, -0.2) is 0 Å². The summed E-state index contributed by atoms with van der Waals surface area (Å²) >= 11 is 0. The lowest BCUT2D eigenvalue weighted by Crippen LogP contribution is -2.44. The van der Waals surface area contributed by atoms with Crippen molar-refractivity contribution in [3.63, 3.8) is 0 Å². The lowest BCUT2D eigenvalue weighted by atomic mass is 9.77. The Balaban J connectivity index is 0.00000161. The van der Waals surface area contributed by atoms with Gasteiger partial charge in [-0.2, -0.15) is 4.98 Å². The molecule has 0 bridgehead atoms. The number of aromatic nitrogens is 2. The second kappa shape index (κ2) is 5.42. The second-order valence-electron chi connectivity index (χ2n) is 5.25. The smallest absolute Gasteiger partial charge is 0.270 e. The lowest BCUT2D eigenvalue weighted by Gasteiger charge is -2.34. The molecule has 2 N–H and O–H groups in total. The summed E-state index contributed by atoms with van der Waals surface area (Å²) in [5.74, 6) is 0.742. The molecule has 0 atom stereocenters. The Kier molecular flexibility index (Phi) is 3.97. The maximum atomic E-state index is 10.9. The Morgan fingerprint density at radius 2 is 2.10 bits per heavy atom. The molecule has 8 heteroatoms. The van der Waals surface area contributed by atoms with Crippen LogP contribution in [0.3, 0.4) is 0 Å². The van der Waals surface area contributed by atoms with Gasteiger partial charge in [0.1, 0.15) is 0 Å². The van der Waals surface area contributed by atoms with E-state index in [1.165, 1.54) is 12.1 Å². The van der Waals surface area contributed by atoms with Gasteiger partial charge in [0, 0.05) is 17.7 Å². The van der Waals surface area contributed by atoms with Crippen LogP contribution in [0, 0.1) is 17.0 Å². The highest BCUT2D eigenvalue weighted by atomic mass is 35.5. The first-order valence-electron chi connectivity index (χ1n) is 6.37. The number of nitro benzene ring substituents is 1. The Hall–Kier alpha value is -1.99. The van der Waals surface area contributed by atoms with E-state index in [0.717, 1.165) is 24.8 Å². The molecule has 1 saturated carbocycles.